The lowest BCUT2D eigenvalue weighted by atomic mass is 10.2. The molecular weight excluding hydrogens is 468 g/mol. The third-order valence-corrected chi connectivity index (χ3v) is 6.48. The number of para-hydroxylation sites is 1. The van der Waals surface area contributed by atoms with Gasteiger partial charge in [-0.25, -0.2) is 0 Å². The van der Waals surface area contributed by atoms with Gasteiger partial charge in [0.05, 0.1) is 12.0 Å². The van der Waals surface area contributed by atoms with Gasteiger partial charge in [0.1, 0.15) is 16.9 Å². The summed E-state index contributed by atoms with van der Waals surface area (Å²) in [6, 6.07) is 22.6. The molecule has 5 aromatic rings. The van der Waals surface area contributed by atoms with Gasteiger partial charge in [0.15, 0.2) is 0 Å². The molecule has 0 saturated heterocycles. The highest BCUT2D eigenvalue weighted by Crippen LogP contribution is 2.24. The first-order valence-electron chi connectivity index (χ1n) is 10.6. The van der Waals surface area contributed by atoms with Gasteiger partial charge in [0, 0.05) is 10.9 Å². The molecule has 0 aliphatic carbocycles. The van der Waals surface area contributed by atoms with E-state index in [1.807, 2.05) is 19.1 Å². The Kier molecular flexibility index (Phi) is 5.79. The predicted molar refractivity (Wildman–Crippen MR) is 129 cm³/mol. The first kappa shape index (κ1) is 22.4. The van der Waals surface area contributed by atoms with E-state index in [2.05, 4.69) is 20.1 Å². The quantitative estimate of drug-likeness (QED) is 0.355. The number of hydrogen-bond donors (Lipinski definition) is 1. The van der Waals surface area contributed by atoms with Crippen molar-refractivity contribution in [3.05, 3.63) is 90.0 Å². The van der Waals surface area contributed by atoms with Crippen molar-refractivity contribution in [2.24, 2.45) is 5.10 Å². The Morgan fingerprint density at radius 3 is 2.46 bits per heavy atom. The summed E-state index contributed by atoms with van der Waals surface area (Å²) in [5.74, 6) is 1.17. The lowest BCUT2D eigenvalue weighted by Gasteiger charge is -2.05. The van der Waals surface area contributed by atoms with Crippen LogP contribution < -0.4 is 15.1 Å². The fourth-order valence-corrected chi connectivity index (χ4v) is 4.17. The van der Waals surface area contributed by atoms with Gasteiger partial charge in [-0.3, -0.25) is 0 Å². The zero-order valence-corrected chi connectivity index (χ0v) is 19.6. The van der Waals surface area contributed by atoms with Crippen molar-refractivity contribution in [3.8, 4) is 28.6 Å². The van der Waals surface area contributed by atoms with E-state index in [0.717, 1.165) is 16.5 Å². The number of nitrogens with zero attached hydrogens (tertiary/aromatic N) is 3. The summed E-state index contributed by atoms with van der Waals surface area (Å²) in [6.07, 6.45) is 0. The summed E-state index contributed by atoms with van der Waals surface area (Å²) in [6.45, 7) is 1.87. The smallest absolute Gasteiger partial charge is 0.276 e. The topological polar surface area (TPSA) is 120 Å². The summed E-state index contributed by atoms with van der Waals surface area (Å²) in [5.41, 5.74) is 2.49. The lowest BCUT2D eigenvalue weighted by Crippen LogP contribution is -2.22. The Labute approximate surface area is 200 Å². The molecule has 0 atom stereocenters. The molecule has 0 saturated carbocycles. The monoisotopic (exact) mass is 488 g/mol. The van der Waals surface area contributed by atoms with Crippen LogP contribution in [0, 0.1) is 6.92 Å². The molecule has 0 aliphatic heterocycles. The molecule has 0 fully saturated rings. The highest BCUT2D eigenvalue weighted by molar-refractivity contribution is 7.89. The Hall–Kier alpha value is -4.44. The molecule has 176 valence electrons. The highest BCUT2D eigenvalue weighted by atomic mass is 32.2. The van der Waals surface area contributed by atoms with Crippen LogP contribution in [0.2, 0.25) is 0 Å². The number of sulfonamides is 1. The van der Waals surface area contributed by atoms with Crippen molar-refractivity contribution in [2.75, 3.05) is 7.11 Å². The number of hydrogen-bond acceptors (Lipinski definition) is 8. The molecule has 0 aliphatic rings. The normalized spacial score (nSPS) is 12.1. The first-order valence-corrected chi connectivity index (χ1v) is 12.0. The maximum atomic E-state index is 12.8. The van der Waals surface area contributed by atoms with Gasteiger partial charge in [0.2, 0.25) is 11.4 Å². The molecule has 1 N–H and O–H groups in total. The molecule has 0 radical (unpaired) electrons. The SMILES string of the molecule is COc1ccc(-c2noc(-c3cc4ccccc4oc3=NNS(=O)(=O)c3ccc(C)cc3)n2)cc1. The Morgan fingerprint density at radius 1 is 0.971 bits per heavy atom. The number of aryl methyl sites for hydroxylation is 1. The number of benzene rings is 3. The van der Waals surface area contributed by atoms with Gasteiger partial charge in [-0.2, -0.15) is 18.2 Å². The molecule has 0 amide bonds. The van der Waals surface area contributed by atoms with Crippen LogP contribution in [-0.4, -0.2) is 25.7 Å². The average molecular weight is 489 g/mol. The van der Waals surface area contributed by atoms with Crippen molar-refractivity contribution in [1.82, 2.24) is 15.0 Å². The number of ether oxygens (including phenoxy) is 1. The second-order valence-electron chi connectivity index (χ2n) is 7.67. The fraction of sp³-hybridized carbons (Fsp3) is 0.0800. The van der Waals surface area contributed by atoms with Gasteiger partial charge in [-0.15, -0.1) is 5.10 Å². The zero-order valence-electron chi connectivity index (χ0n) is 18.8. The molecule has 0 bridgehead atoms. The first-order chi connectivity index (χ1) is 16.9. The number of methoxy groups -OCH3 is 1. The van der Waals surface area contributed by atoms with Gasteiger partial charge >= 0.3 is 0 Å². The molecule has 0 unspecified atom stereocenters. The molecule has 9 nitrogen and oxygen atoms in total. The van der Waals surface area contributed by atoms with E-state index < -0.39 is 10.0 Å². The molecule has 5 rings (SSSR count). The van der Waals surface area contributed by atoms with Crippen LogP contribution in [0.15, 0.2) is 97.8 Å². The van der Waals surface area contributed by atoms with E-state index in [9.17, 15) is 8.42 Å². The summed E-state index contributed by atoms with van der Waals surface area (Å²) in [7, 11) is -2.34. The van der Waals surface area contributed by atoms with E-state index in [1.54, 1.807) is 61.7 Å². The van der Waals surface area contributed by atoms with Crippen LogP contribution in [0.1, 0.15) is 5.56 Å². The minimum absolute atomic E-state index is 0.0238. The van der Waals surface area contributed by atoms with Gasteiger partial charge in [0.25, 0.3) is 15.9 Å². The summed E-state index contributed by atoms with van der Waals surface area (Å²) in [4.78, 5) is 6.78. The number of rotatable bonds is 6. The maximum absolute atomic E-state index is 12.8. The standard InChI is InChI=1S/C25H20N4O5S/c1-16-7-13-20(14-8-16)35(30,31)29-27-25-21(15-18-5-3-4-6-22(18)33-25)24-26-23(28-34-24)17-9-11-19(32-2)12-10-17/h3-15,29H,1-2H3. The minimum Gasteiger partial charge on any atom is -0.497 e. The van der Waals surface area contributed by atoms with Crippen molar-refractivity contribution in [2.45, 2.75) is 11.8 Å². The van der Waals surface area contributed by atoms with E-state index >= 15 is 0 Å². The second-order valence-corrected chi connectivity index (χ2v) is 9.34. The second kappa shape index (κ2) is 9.07. The van der Waals surface area contributed by atoms with Gasteiger partial charge < -0.3 is 13.7 Å². The van der Waals surface area contributed by atoms with Crippen molar-refractivity contribution < 1.29 is 22.1 Å². The number of aromatic nitrogens is 2. The Balaban J connectivity index is 1.58. The molecule has 35 heavy (non-hydrogen) atoms. The molecule has 2 aromatic heterocycles. The lowest BCUT2D eigenvalue weighted by molar-refractivity contribution is 0.414. The minimum atomic E-state index is -3.93. The molecule has 0 spiro atoms. The average Bonchev–Trinajstić information content (AvgIpc) is 3.37. The van der Waals surface area contributed by atoms with E-state index in [4.69, 9.17) is 13.7 Å². The third-order valence-electron chi connectivity index (χ3n) is 5.26. The summed E-state index contributed by atoms with van der Waals surface area (Å²) in [5, 5.41) is 8.87. The predicted octanol–water partition coefficient (Wildman–Crippen LogP) is 4.26. The van der Waals surface area contributed by atoms with Crippen LogP contribution in [0.25, 0.3) is 33.8 Å². The van der Waals surface area contributed by atoms with Crippen LogP contribution in [0.4, 0.5) is 0 Å². The van der Waals surface area contributed by atoms with Crippen LogP contribution in [0.5, 0.6) is 5.75 Å². The van der Waals surface area contributed by atoms with E-state index in [1.165, 1.54) is 12.1 Å². The molecule has 3 aromatic carbocycles. The van der Waals surface area contributed by atoms with Crippen molar-refractivity contribution >= 4 is 21.0 Å². The fourth-order valence-electron chi connectivity index (χ4n) is 3.37. The highest BCUT2D eigenvalue weighted by Gasteiger charge is 2.17. The van der Waals surface area contributed by atoms with Crippen molar-refractivity contribution in [1.29, 1.82) is 0 Å². The summed E-state index contributed by atoms with van der Waals surface area (Å²) >= 11 is 0. The third kappa shape index (κ3) is 4.64. The van der Waals surface area contributed by atoms with Crippen LogP contribution in [-0.2, 0) is 10.0 Å². The Bertz CT molecular complexity index is 1670. The van der Waals surface area contributed by atoms with E-state index in [0.29, 0.717) is 22.7 Å². The van der Waals surface area contributed by atoms with Gasteiger partial charge in [-0.1, -0.05) is 41.1 Å². The summed E-state index contributed by atoms with van der Waals surface area (Å²) < 4.78 is 42.1. The Morgan fingerprint density at radius 2 is 1.71 bits per heavy atom. The number of fused-ring (bicyclic) bond motifs is 1. The van der Waals surface area contributed by atoms with Crippen LogP contribution in [0.3, 0.4) is 0 Å². The number of nitrogens with one attached hydrogen (secondary N) is 1. The van der Waals surface area contributed by atoms with Crippen molar-refractivity contribution in [3.63, 3.8) is 0 Å². The van der Waals surface area contributed by atoms with E-state index in [-0.39, 0.29) is 16.3 Å². The maximum Gasteiger partial charge on any atom is 0.276 e. The molecule has 10 heteroatoms. The largest absolute Gasteiger partial charge is 0.497 e. The molecular formula is C25H20N4O5S. The molecule has 2 heterocycles. The van der Waals surface area contributed by atoms with Crippen LogP contribution >= 0.6 is 0 Å². The zero-order chi connectivity index (χ0) is 24.4. The van der Waals surface area contributed by atoms with Gasteiger partial charge in [-0.05, 0) is 55.5 Å².